The van der Waals surface area contributed by atoms with Gasteiger partial charge in [-0.1, -0.05) is 0 Å². The zero-order valence-corrected chi connectivity index (χ0v) is 11.6. The van der Waals surface area contributed by atoms with Gasteiger partial charge in [0.1, 0.15) is 11.5 Å². The molecule has 0 aliphatic rings. The SMILES string of the molecule is Cc1ccc(CNS(=O)(=O)c2ccc(N)cc2C)o1. The molecular formula is C13H16N2O3S. The summed E-state index contributed by atoms with van der Waals surface area (Å²) in [7, 11) is -3.56. The number of nitrogens with one attached hydrogen (secondary N) is 1. The van der Waals surface area contributed by atoms with Gasteiger partial charge in [0.15, 0.2) is 0 Å². The maximum absolute atomic E-state index is 12.2. The number of furan rings is 1. The van der Waals surface area contributed by atoms with Crippen LogP contribution in [0.3, 0.4) is 0 Å². The van der Waals surface area contributed by atoms with Crippen molar-refractivity contribution in [3.8, 4) is 0 Å². The average Bonchev–Trinajstić information content (AvgIpc) is 2.72. The van der Waals surface area contributed by atoms with E-state index in [1.54, 1.807) is 31.2 Å². The summed E-state index contributed by atoms with van der Waals surface area (Å²) in [6, 6.07) is 8.23. The Labute approximate surface area is 112 Å². The molecule has 0 amide bonds. The van der Waals surface area contributed by atoms with Crippen LogP contribution in [0, 0.1) is 13.8 Å². The molecule has 0 aliphatic heterocycles. The van der Waals surface area contributed by atoms with Crippen LogP contribution in [0.1, 0.15) is 17.1 Å². The van der Waals surface area contributed by atoms with Crippen molar-refractivity contribution in [2.45, 2.75) is 25.3 Å². The summed E-state index contributed by atoms with van der Waals surface area (Å²) >= 11 is 0. The van der Waals surface area contributed by atoms with Crippen molar-refractivity contribution in [1.29, 1.82) is 0 Å². The van der Waals surface area contributed by atoms with Gasteiger partial charge in [0.25, 0.3) is 0 Å². The van der Waals surface area contributed by atoms with Crippen LogP contribution >= 0.6 is 0 Å². The van der Waals surface area contributed by atoms with Crippen molar-refractivity contribution in [3.63, 3.8) is 0 Å². The number of benzene rings is 1. The number of hydrogen-bond donors (Lipinski definition) is 2. The fraction of sp³-hybridized carbons (Fsp3) is 0.231. The third-order valence-corrected chi connectivity index (χ3v) is 4.28. The molecule has 19 heavy (non-hydrogen) atoms. The summed E-state index contributed by atoms with van der Waals surface area (Å²) in [4.78, 5) is 0.227. The Morgan fingerprint density at radius 3 is 2.53 bits per heavy atom. The number of nitrogens with two attached hydrogens (primary N) is 1. The van der Waals surface area contributed by atoms with E-state index in [1.807, 2.05) is 6.92 Å². The second kappa shape index (κ2) is 5.07. The van der Waals surface area contributed by atoms with Gasteiger partial charge < -0.3 is 10.2 Å². The highest BCUT2D eigenvalue weighted by molar-refractivity contribution is 7.89. The second-order valence-electron chi connectivity index (χ2n) is 4.36. The summed E-state index contributed by atoms with van der Waals surface area (Å²) < 4.78 is 32.1. The molecule has 1 aromatic heterocycles. The maximum Gasteiger partial charge on any atom is 0.241 e. The van der Waals surface area contributed by atoms with Crippen LogP contribution in [0.15, 0.2) is 39.6 Å². The number of rotatable bonds is 4. The second-order valence-corrected chi connectivity index (χ2v) is 6.10. The van der Waals surface area contributed by atoms with E-state index in [4.69, 9.17) is 10.2 Å². The predicted molar refractivity (Wildman–Crippen MR) is 73.1 cm³/mol. The minimum atomic E-state index is -3.56. The van der Waals surface area contributed by atoms with Crippen LogP contribution < -0.4 is 10.5 Å². The number of aryl methyl sites for hydroxylation is 2. The number of nitrogen functional groups attached to an aromatic ring is 1. The zero-order valence-electron chi connectivity index (χ0n) is 10.8. The van der Waals surface area contributed by atoms with Crippen LogP contribution in [0.4, 0.5) is 5.69 Å². The molecule has 2 aromatic rings. The molecule has 0 aliphatic carbocycles. The van der Waals surface area contributed by atoms with E-state index in [9.17, 15) is 8.42 Å². The molecule has 0 radical (unpaired) electrons. The lowest BCUT2D eigenvalue weighted by atomic mass is 10.2. The molecule has 0 saturated heterocycles. The Bertz CT molecular complexity index is 690. The predicted octanol–water partition coefficient (Wildman–Crippen LogP) is 1.96. The van der Waals surface area contributed by atoms with E-state index >= 15 is 0 Å². The highest BCUT2D eigenvalue weighted by Gasteiger charge is 2.17. The molecule has 0 fully saturated rings. The summed E-state index contributed by atoms with van der Waals surface area (Å²) in [5.74, 6) is 1.33. The third kappa shape index (κ3) is 3.15. The van der Waals surface area contributed by atoms with Crippen molar-refractivity contribution in [3.05, 3.63) is 47.4 Å². The van der Waals surface area contributed by atoms with E-state index in [0.29, 0.717) is 17.0 Å². The largest absolute Gasteiger partial charge is 0.465 e. The quantitative estimate of drug-likeness (QED) is 0.838. The van der Waals surface area contributed by atoms with Crippen molar-refractivity contribution in [2.24, 2.45) is 0 Å². The molecular weight excluding hydrogens is 264 g/mol. The molecule has 3 N–H and O–H groups in total. The third-order valence-electron chi connectivity index (χ3n) is 2.72. The molecule has 0 atom stereocenters. The van der Waals surface area contributed by atoms with Gasteiger partial charge in [0.2, 0.25) is 10.0 Å². The molecule has 0 saturated carbocycles. The highest BCUT2D eigenvalue weighted by atomic mass is 32.2. The van der Waals surface area contributed by atoms with E-state index < -0.39 is 10.0 Å². The van der Waals surface area contributed by atoms with Crippen molar-refractivity contribution in [2.75, 3.05) is 5.73 Å². The first kappa shape index (κ1) is 13.6. The lowest BCUT2D eigenvalue weighted by Gasteiger charge is -2.08. The van der Waals surface area contributed by atoms with Gasteiger partial charge in [-0.05, 0) is 49.7 Å². The molecule has 102 valence electrons. The molecule has 5 nitrogen and oxygen atoms in total. The molecule has 1 heterocycles. The van der Waals surface area contributed by atoms with Crippen LogP contribution in [-0.2, 0) is 16.6 Å². The first-order chi connectivity index (χ1) is 8.88. The van der Waals surface area contributed by atoms with Crippen molar-refractivity contribution in [1.82, 2.24) is 4.72 Å². The Morgan fingerprint density at radius 2 is 1.95 bits per heavy atom. The van der Waals surface area contributed by atoms with E-state index in [0.717, 1.165) is 5.76 Å². The smallest absolute Gasteiger partial charge is 0.241 e. The van der Waals surface area contributed by atoms with Gasteiger partial charge in [-0.15, -0.1) is 0 Å². The number of hydrogen-bond acceptors (Lipinski definition) is 4. The summed E-state index contributed by atoms with van der Waals surface area (Å²) in [6.07, 6.45) is 0. The van der Waals surface area contributed by atoms with Gasteiger partial charge in [0.05, 0.1) is 11.4 Å². The first-order valence-electron chi connectivity index (χ1n) is 5.79. The summed E-state index contributed by atoms with van der Waals surface area (Å²) in [5, 5.41) is 0. The molecule has 0 bridgehead atoms. The van der Waals surface area contributed by atoms with Gasteiger partial charge in [-0.3, -0.25) is 0 Å². The Hall–Kier alpha value is -1.79. The Balaban J connectivity index is 2.18. The fourth-order valence-electron chi connectivity index (χ4n) is 1.80. The zero-order chi connectivity index (χ0) is 14.0. The Morgan fingerprint density at radius 1 is 1.21 bits per heavy atom. The molecule has 6 heteroatoms. The van der Waals surface area contributed by atoms with Gasteiger partial charge in [-0.25, -0.2) is 13.1 Å². The van der Waals surface area contributed by atoms with Gasteiger partial charge in [-0.2, -0.15) is 0 Å². The van der Waals surface area contributed by atoms with Crippen LogP contribution in [0.25, 0.3) is 0 Å². The van der Waals surface area contributed by atoms with Crippen LogP contribution in [-0.4, -0.2) is 8.42 Å². The first-order valence-corrected chi connectivity index (χ1v) is 7.28. The van der Waals surface area contributed by atoms with Crippen molar-refractivity contribution < 1.29 is 12.8 Å². The molecule has 1 aromatic carbocycles. The molecule has 0 unspecified atom stereocenters. The molecule has 0 spiro atoms. The number of sulfonamides is 1. The minimum absolute atomic E-state index is 0.125. The normalized spacial score (nSPS) is 11.7. The monoisotopic (exact) mass is 280 g/mol. The highest BCUT2D eigenvalue weighted by Crippen LogP contribution is 2.18. The maximum atomic E-state index is 12.2. The summed E-state index contributed by atoms with van der Waals surface area (Å²) in [5.41, 5.74) is 6.76. The fourth-order valence-corrected chi connectivity index (χ4v) is 3.02. The van der Waals surface area contributed by atoms with Gasteiger partial charge >= 0.3 is 0 Å². The summed E-state index contributed by atoms with van der Waals surface area (Å²) in [6.45, 7) is 3.64. The van der Waals surface area contributed by atoms with Crippen LogP contribution in [0.2, 0.25) is 0 Å². The van der Waals surface area contributed by atoms with Gasteiger partial charge in [0, 0.05) is 5.69 Å². The average molecular weight is 280 g/mol. The topological polar surface area (TPSA) is 85.3 Å². The van der Waals surface area contributed by atoms with E-state index in [2.05, 4.69) is 4.72 Å². The van der Waals surface area contributed by atoms with Crippen molar-refractivity contribution >= 4 is 15.7 Å². The molecule has 2 rings (SSSR count). The Kier molecular flexibility index (Phi) is 3.64. The van der Waals surface area contributed by atoms with Crippen LogP contribution in [0.5, 0.6) is 0 Å². The number of anilines is 1. The van der Waals surface area contributed by atoms with E-state index in [1.165, 1.54) is 6.07 Å². The lowest BCUT2D eigenvalue weighted by Crippen LogP contribution is -2.23. The standard InChI is InChI=1S/C13H16N2O3S/c1-9-7-11(14)4-6-13(9)19(16,17)15-8-12-5-3-10(2)18-12/h3-7,15H,8,14H2,1-2H3. The minimum Gasteiger partial charge on any atom is -0.465 e. The lowest BCUT2D eigenvalue weighted by molar-refractivity contribution is 0.475. The van der Waals surface area contributed by atoms with E-state index in [-0.39, 0.29) is 11.4 Å².